The molecule has 6 heteroatoms. The highest BCUT2D eigenvalue weighted by Gasteiger charge is 2.11. The van der Waals surface area contributed by atoms with Crippen molar-refractivity contribution in [1.29, 1.82) is 0 Å². The predicted molar refractivity (Wildman–Crippen MR) is 96.0 cm³/mol. The average Bonchev–Trinajstić information content (AvgIpc) is 2.85. The van der Waals surface area contributed by atoms with E-state index in [-0.39, 0.29) is 10.8 Å². The maximum Gasteiger partial charge on any atom is 0.319 e. The van der Waals surface area contributed by atoms with Crippen LogP contribution in [0.2, 0.25) is 0 Å². The quantitative estimate of drug-likeness (QED) is 0.821. The van der Waals surface area contributed by atoms with Gasteiger partial charge in [-0.3, -0.25) is 4.68 Å². The third-order valence-electron chi connectivity index (χ3n) is 2.99. The molecule has 1 aromatic heterocycles. The van der Waals surface area contributed by atoms with Crippen LogP contribution in [-0.4, -0.2) is 27.1 Å². The van der Waals surface area contributed by atoms with Gasteiger partial charge in [-0.25, -0.2) is 4.79 Å². The van der Waals surface area contributed by atoms with Crippen LogP contribution in [0.25, 0.3) is 0 Å². The fraction of sp³-hybridized carbons (Fsp3) is 0.412. The Kier molecular flexibility index (Phi) is 5.71. The van der Waals surface area contributed by atoms with Crippen LogP contribution in [0.3, 0.4) is 0 Å². The molecule has 2 rings (SSSR count). The SMILES string of the molecule is Cn1cc(CCNC(=O)Nc2ccc(SC(C)(C)C)cc2)cn1. The van der Waals surface area contributed by atoms with Gasteiger partial charge in [0.25, 0.3) is 0 Å². The standard InChI is InChI=1S/C17H24N4OS/c1-17(2,3)23-15-7-5-14(6-8-15)20-16(22)18-10-9-13-11-19-21(4)12-13/h5-8,11-12H,9-10H2,1-4H3,(H2,18,20,22). The molecule has 0 bridgehead atoms. The Morgan fingerprint density at radius 3 is 2.52 bits per heavy atom. The summed E-state index contributed by atoms with van der Waals surface area (Å²) in [7, 11) is 1.88. The van der Waals surface area contributed by atoms with Crippen LogP contribution in [0, 0.1) is 0 Å². The van der Waals surface area contributed by atoms with E-state index in [9.17, 15) is 4.79 Å². The zero-order chi connectivity index (χ0) is 16.9. The smallest absolute Gasteiger partial charge is 0.319 e. The number of nitrogens with one attached hydrogen (secondary N) is 2. The second-order valence-electron chi connectivity index (χ2n) is 6.39. The Morgan fingerprint density at radius 2 is 1.96 bits per heavy atom. The number of carbonyl (C=O) groups excluding carboxylic acids is 1. The number of aromatic nitrogens is 2. The molecular weight excluding hydrogens is 308 g/mol. The predicted octanol–water partition coefficient (Wildman–Crippen LogP) is 3.67. The van der Waals surface area contributed by atoms with Gasteiger partial charge in [0.15, 0.2) is 0 Å². The van der Waals surface area contributed by atoms with E-state index in [1.165, 1.54) is 4.90 Å². The first-order valence-electron chi connectivity index (χ1n) is 7.63. The Balaban J connectivity index is 1.76. The lowest BCUT2D eigenvalue weighted by Gasteiger charge is -2.17. The summed E-state index contributed by atoms with van der Waals surface area (Å²) in [5.41, 5.74) is 1.90. The molecule has 5 nitrogen and oxygen atoms in total. The summed E-state index contributed by atoms with van der Waals surface area (Å²) in [6.07, 6.45) is 4.53. The second-order valence-corrected chi connectivity index (χ2v) is 8.29. The van der Waals surface area contributed by atoms with Crippen LogP contribution in [0.4, 0.5) is 10.5 Å². The van der Waals surface area contributed by atoms with E-state index in [1.54, 1.807) is 16.4 Å². The number of hydrogen-bond donors (Lipinski definition) is 2. The van der Waals surface area contributed by atoms with Crippen molar-refractivity contribution < 1.29 is 4.79 Å². The number of nitrogens with zero attached hydrogens (tertiary/aromatic N) is 2. The molecule has 124 valence electrons. The first-order chi connectivity index (χ1) is 10.8. The number of anilines is 1. The summed E-state index contributed by atoms with van der Waals surface area (Å²) in [5.74, 6) is 0. The van der Waals surface area contributed by atoms with Crippen LogP contribution < -0.4 is 10.6 Å². The Labute approximate surface area is 141 Å². The molecule has 0 radical (unpaired) electrons. The van der Waals surface area contributed by atoms with E-state index < -0.39 is 0 Å². The average molecular weight is 332 g/mol. The number of hydrogen-bond acceptors (Lipinski definition) is 3. The fourth-order valence-electron chi connectivity index (χ4n) is 2.06. The number of aryl methyl sites for hydroxylation is 1. The van der Waals surface area contributed by atoms with Gasteiger partial charge in [0.05, 0.1) is 6.20 Å². The number of carbonyl (C=O) groups is 1. The van der Waals surface area contributed by atoms with Gasteiger partial charge >= 0.3 is 6.03 Å². The summed E-state index contributed by atoms with van der Waals surface area (Å²) in [5, 5.41) is 9.79. The number of benzene rings is 1. The molecule has 0 aliphatic heterocycles. The molecule has 2 N–H and O–H groups in total. The first-order valence-corrected chi connectivity index (χ1v) is 8.45. The van der Waals surface area contributed by atoms with Gasteiger partial charge in [-0.2, -0.15) is 5.10 Å². The van der Waals surface area contributed by atoms with Crippen molar-refractivity contribution in [1.82, 2.24) is 15.1 Å². The van der Waals surface area contributed by atoms with Crippen molar-refractivity contribution in [3.8, 4) is 0 Å². The van der Waals surface area contributed by atoms with E-state index in [0.29, 0.717) is 6.54 Å². The third-order valence-corrected chi connectivity index (χ3v) is 4.11. The molecule has 1 aromatic carbocycles. The van der Waals surface area contributed by atoms with Crippen molar-refractivity contribution >= 4 is 23.5 Å². The van der Waals surface area contributed by atoms with Crippen LogP contribution in [0.1, 0.15) is 26.3 Å². The number of amides is 2. The normalized spacial score (nSPS) is 11.3. The Bertz CT molecular complexity index is 643. The first kappa shape index (κ1) is 17.4. The monoisotopic (exact) mass is 332 g/mol. The molecule has 0 atom stereocenters. The van der Waals surface area contributed by atoms with E-state index in [1.807, 2.05) is 43.7 Å². The lowest BCUT2D eigenvalue weighted by atomic mass is 10.2. The zero-order valence-electron chi connectivity index (χ0n) is 14.1. The van der Waals surface area contributed by atoms with E-state index in [2.05, 4.69) is 36.5 Å². The van der Waals surface area contributed by atoms with Crippen molar-refractivity contribution in [3.63, 3.8) is 0 Å². The minimum atomic E-state index is -0.190. The minimum absolute atomic E-state index is 0.179. The maximum atomic E-state index is 11.9. The summed E-state index contributed by atoms with van der Waals surface area (Å²) in [6.45, 7) is 7.12. The van der Waals surface area contributed by atoms with Gasteiger partial charge in [-0.1, -0.05) is 20.8 Å². The largest absolute Gasteiger partial charge is 0.338 e. The molecule has 0 aliphatic carbocycles. The third kappa shape index (κ3) is 6.36. The van der Waals surface area contributed by atoms with E-state index in [0.717, 1.165) is 17.7 Å². The van der Waals surface area contributed by atoms with Gasteiger partial charge in [-0.15, -0.1) is 11.8 Å². The molecule has 23 heavy (non-hydrogen) atoms. The van der Waals surface area contributed by atoms with Gasteiger partial charge < -0.3 is 10.6 Å². The lowest BCUT2D eigenvalue weighted by molar-refractivity contribution is 0.252. The lowest BCUT2D eigenvalue weighted by Crippen LogP contribution is -2.30. The second kappa shape index (κ2) is 7.55. The van der Waals surface area contributed by atoms with Crippen LogP contribution >= 0.6 is 11.8 Å². The molecule has 0 spiro atoms. The summed E-state index contributed by atoms with van der Waals surface area (Å²) >= 11 is 1.81. The molecule has 0 unspecified atom stereocenters. The summed E-state index contributed by atoms with van der Waals surface area (Å²) in [4.78, 5) is 13.1. The highest BCUT2D eigenvalue weighted by molar-refractivity contribution is 8.00. The number of urea groups is 1. The van der Waals surface area contributed by atoms with Gasteiger partial charge in [0, 0.05) is 35.1 Å². The summed E-state index contributed by atoms with van der Waals surface area (Å²) in [6, 6.07) is 7.72. The zero-order valence-corrected chi connectivity index (χ0v) is 14.9. The highest BCUT2D eigenvalue weighted by Crippen LogP contribution is 2.32. The molecular formula is C17H24N4OS. The maximum absolute atomic E-state index is 11.9. The van der Waals surface area contributed by atoms with Crippen LogP contribution in [0.5, 0.6) is 0 Å². The summed E-state index contributed by atoms with van der Waals surface area (Å²) < 4.78 is 1.94. The Morgan fingerprint density at radius 1 is 1.26 bits per heavy atom. The molecule has 0 saturated heterocycles. The molecule has 2 amide bonds. The molecule has 2 aromatic rings. The van der Waals surface area contributed by atoms with Crippen molar-refractivity contribution in [2.24, 2.45) is 7.05 Å². The molecule has 0 fully saturated rings. The highest BCUT2D eigenvalue weighted by atomic mass is 32.2. The van der Waals surface area contributed by atoms with Gasteiger partial charge in [0.1, 0.15) is 0 Å². The van der Waals surface area contributed by atoms with Crippen LogP contribution in [0.15, 0.2) is 41.6 Å². The van der Waals surface area contributed by atoms with Crippen molar-refractivity contribution in [3.05, 3.63) is 42.2 Å². The minimum Gasteiger partial charge on any atom is -0.338 e. The number of thioether (sulfide) groups is 1. The van der Waals surface area contributed by atoms with Gasteiger partial charge in [0.2, 0.25) is 0 Å². The van der Waals surface area contributed by atoms with Crippen LogP contribution in [-0.2, 0) is 13.5 Å². The van der Waals surface area contributed by atoms with Gasteiger partial charge in [-0.05, 0) is 36.2 Å². The molecule has 0 aliphatic rings. The van der Waals surface area contributed by atoms with E-state index >= 15 is 0 Å². The van der Waals surface area contributed by atoms with E-state index in [4.69, 9.17) is 0 Å². The topological polar surface area (TPSA) is 59.0 Å². The van der Waals surface area contributed by atoms with Crippen molar-refractivity contribution in [2.75, 3.05) is 11.9 Å². The fourth-order valence-corrected chi connectivity index (χ4v) is 3.04. The molecule has 1 heterocycles. The number of rotatable bonds is 5. The molecule has 0 saturated carbocycles. The Hall–Kier alpha value is -1.95. The van der Waals surface area contributed by atoms with Crippen molar-refractivity contribution in [2.45, 2.75) is 36.8 Å².